The van der Waals surface area contributed by atoms with Crippen LogP contribution in [0.5, 0.6) is 0 Å². The molecule has 1 aliphatic rings. The Hall–Kier alpha value is -2.13. The number of fused-ring (bicyclic) bond motifs is 1. The maximum Gasteiger partial charge on any atom is 0.337 e. The van der Waals surface area contributed by atoms with Crippen molar-refractivity contribution in [2.45, 2.75) is 19.8 Å². The van der Waals surface area contributed by atoms with Gasteiger partial charge in [0, 0.05) is 20.1 Å². The van der Waals surface area contributed by atoms with Gasteiger partial charge in [-0.3, -0.25) is 9.59 Å². The van der Waals surface area contributed by atoms with Crippen molar-refractivity contribution in [3.05, 3.63) is 28.6 Å². The summed E-state index contributed by atoms with van der Waals surface area (Å²) in [6.45, 7) is 3.83. The van der Waals surface area contributed by atoms with E-state index < -0.39 is 5.97 Å². The summed E-state index contributed by atoms with van der Waals surface area (Å²) in [4.78, 5) is 42.9. The SMILES string of the molecule is COC(=O)c1ccc2c(c1)sc(=NC(=O)CSCC(=O)N1CCC(C)CC1)n2C. The molecule has 1 aromatic heterocycles. The van der Waals surface area contributed by atoms with Gasteiger partial charge in [0.1, 0.15) is 0 Å². The van der Waals surface area contributed by atoms with Crippen molar-refractivity contribution in [1.29, 1.82) is 0 Å². The number of hydrogen-bond acceptors (Lipinski definition) is 6. The number of ether oxygens (including phenoxy) is 1. The largest absolute Gasteiger partial charge is 0.465 e. The molecule has 1 saturated heterocycles. The maximum absolute atomic E-state index is 12.3. The Balaban J connectivity index is 1.61. The van der Waals surface area contributed by atoms with E-state index in [1.807, 2.05) is 22.6 Å². The summed E-state index contributed by atoms with van der Waals surface area (Å²) >= 11 is 2.65. The van der Waals surface area contributed by atoms with Gasteiger partial charge in [-0.15, -0.1) is 11.8 Å². The van der Waals surface area contributed by atoms with Crippen LogP contribution in [-0.4, -0.2) is 59.0 Å². The molecule has 3 rings (SSSR count). The average Bonchev–Trinajstić information content (AvgIpc) is 3.02. The number of esters is 1. The Morgan fingerprint density at radius 3 is 2.66 bits per heavy atom. The molecule has 0 spiro atoms. The second-order valence-corrected chi connectivity index (χ2v) is 9.17. The topological polar surface area (TPSA) is 81.0 Å². The second kappa shape index (κ2) is 9.58. The standard InChI is InChI=1S/C20H25N3O4S2/c1-13-6-8-23(9-7-13)18(25)12-28-11-17(24)21-20-22(2)15-5-4-14(19(26)27-3)10-16(15)29-20/h4-5,10,13H,6-9,11-12H2,1-3H3. The minimum absolute atomic E-state index is 0.0949. The molecule has 9 heteroatoms. The Kier molecular flexibility index (Phi) is 7.13. The number of thiazole rings is 1. The number of likely N-dealkylation sites (tertiary alicyclic amines) is 1. The van der Waals surface area contributed by atoms with Gasteiger partial charge < -0.3 is 14.2 Å². The monoisotopic (exact) mass is 435 g/mol. The molecule has 156 valence electrons. The van der Waals surface area contributed by atoms with Crippen molar-refractivity contribution in [2.24, 2.45) is 18.0 Å². The van der Waals surface area contributed by atoms with Crippen molar-refractivity contribution in [3.63, 3.8) is 0 Å². The van der Waals surface area contributed by atoms with Crippen LogP contribution in [-0.2, 0) is 21.4 Å². The molecule has 2 aromatic rings. The van der Waals surface area contributed by atoms with Crippen LogP contribution in [0.25, 0.3) is 10.2 Å². The number of rotatable bonds is 5. The van der Waals surface area contributed by atoms with Gasteiger partial charge in [-0.2, -0.15) is 4.99 Å². The van der Waals surface area contributed by atoms with Crippen molar-refractivity contribution >= 4 is 51.1 Å². The smallest absolute Gasteiger partial charge is 0.337 e. The third kappa shape index (κ3) is 5.27. The van der Waals surface area contributed by atoms with Crippen LogP contribution in [0.15, 0.2) is 23.2 Å². The summed E-state index contributed by atoms with van der Waals surface area (Å²) in [5.74, 6) is 0.566. The van der Waals surface area contributed by atoms with Gasteiger partial charge >= 0.3 is 5.97 Å². The lowest BCUT2D eigenvalue weighted by atomic mass is 9.99. The summed E-state index contributed by atoms with van der Waals surface area (Å²) in [5.41, 5.74) is 1.34. The van der Waals surface area contributed by atoms with E-state index in [1.54, 1.807) is 12.1 Å². The maximum atomic E-state index is 12.3. The Morgan fingerprint density at radius 1 is 1.24 bits per heavy atom. The number of nitrogens with zero attached hydrogens (tertiary/aromatic N) is 3. The van der Waals surface area contributed by atoms with Crippen molar-refractivity contribution in [1.82, 2.24) is 9.47 Å². The van der Waals surface area contributed by atoms with Crippen LogP contribution in [0.2, 0.25) is 0 Å². The summed E-state index contributed by atoms with van der Waals surface area (Å²) in [6.07, 6.45) is 2.09. The highest BCUT2D eigenvalue weighted by atomic mass is 32.2. The predicted molar refractivity (Wildman–Crippen MR) is 115 cm³/mol. The van der Waals surface area contributed by atoms with E-state index in [-0.39, 0.29) is 17.6 Å². The highest BCUT2D eigenvalue weighted by molar-refractivity contribution is 8.00. The Labute approximate surface area is 177 Å². The molecule has 0 saturated carbocycles. The molecular weight excluding hydrogens is 410 g/mol. The zero-order valence-corrected chi connectivity index (χ0v) is 18.5. The molecule has 0 aliphatic carbocycles. The number of aryl methyl sites for hydroxylation is 1. The fourth-order valence-corrected chi connectivity index (χ4v) is 4.97. The number of hydrogen-bond donors (Lipinski definition) is 0. The summed E-state index contributed by atoms with van der Waals surface area (Å²) in [5, 5.41) is 0. The number of methoxy groups -OCH3 is 1. The fourth-order valence-electron chi connectivity index (χ4n) is 3.20. The number of amides is 2. The highest BCUT2D eigenvalue weighted by Crippen LogP contribution is 2.19. The van der Waals surface area contributed by atoms with Gasteiger partial charge in [0.25, 0.3) is 5.91 Å². The third-order valence-corrected chi connectivity index (χ3v) is 7.03. The molecule has 0 unspecified atom stereocenters. The lowest BCUT2D eigenvalue weighted by Crippen LogP contribution is -2.39. The first-order valence-corrected chi connectivity index (χ1v) is 11.5. The van der Waals surface area contributed by atoms with E-state index in [4.69, 9.17) is 4.74 Å². The van der Waals surface area contributed by atoms with E-state index in [0.717, 1.165) is 36.1 Å². The van der Waals surface area contributed by atoms with E-state index >= 15 is 0 Å². The minimum atomic E-state index is -0.401. The summed E-state index contributed by atoms with van der Waals surface area (Å²) in [6, 6.07) is 5.24. The average molecular weight is 436 g/mol. The van der Waals surface area contributed by atoms with Crippen LogP contribution < -0.4 is 4.80 Å². The molecule has 0 radical (unpaired) electrons. The third-order valence-electron chi connectivity index (χ3n) is 5.04. The van der Waals surface area contributed by atoms with Crippen LogP contribution >= 0.6 is 23.1 Å². The molecule has 0 N–H and O–H groups in total. The van der Waals surface area contributed by atoms with Crippen molar-refractivity contribution in [2.75, 3.05) is 31.7 Å². The van der Waals surface area contributed by atoms with Crippen LogP contribution in [0.4, 0.5) is 0 Å². The molecule has 1 aliphatic heterocycles. The number of carbonyl (C=O) groups excluding carboxylic acids is 3. The van der Waals surface area contributed by atoms with Crippen molar-refractivity contribution < 1.29 is 19.1 Å². The molecule has 29 heavy (non-hydrogen) atoms. The predicted octanol–water partition coefficient (Wildman–Crippen LogP) is 2.45. The lowest BCUT2D eigenvalue weighted by molar-refractivity contribution is -0.129. The Morgan fingerprint density at radius 2 is 1.97 bits per heavy atom. The van der Waals surface area contributed by atoms with Gasteiger partial charge in [0.15, 0.2) is 4.80 Å². The molecule has 7 nitrogen and oxygen atoms in total. The summed E-state index contributed by atoms with van der Waals surface area (Å²) < 4.78 is 7.42. The molecule has 2 amide bonds. The van der Waals surface area contributed by atoms with Gasteiger partial charge in [0.05, 0.1) is 34.4 Å². The minimum Gasteiger partial charge on any atom is -0.465 e. The van der Waals surface area contributed by atoms with E-state index in [0.29, 0.717) is 22.0 Å². The molecule has 1 aromatic carbocycles. The van der Waals surface area contributed by atoms with Gasteiger partial charge in [-0.25, -0.2) is 4.79 Å². The van der Waals surface area contributed by atoms with Crippen LogP contribution in [0.3, 0.4) is 0 Å². The van der Waals surface area contributed by atoms with Crippen LogP contribution in [0, 0.1) is 5.92 Å². The zero-order valence-electron chi connectivity index (χ0n) is 16.8. The van der Waals surface area contributed by atoms with Gasteiger partial charge in [0.2, 0.25) is 5.91 Å². The summed E-state index contributed by atoms with van der Waals surface area (Å²) in [7, 11) is 3.17. The lowest BCUT2D eigenvalue weighted by Gasteiger charge is -2.30. The first kappa shape index (κ1) is 21.6. The number of thioether (sulfide) groups is 1. The molecule has 1 fully saturated rings. The zero-order chi connectivity index (χ0) is 21.0. The molecular formula is C20H25N3O4S2. The fraction of sp³-hybridized carbons (Fsp3) is 0.500. The van der Waals surface area contributed by atoms with E-state index in [2.05, 4.69) is 11.9 Å². The van der Waals surface area contributed by atoms with E-state index in [9.17, 15) is 14.4 Å². The van der Waals surface area contributed by atoms with Gasteiger partial charge in [-0.1, -0.05) is 18.3 Å². The molecule has 2 heterocycles. The number of benzene rings is 1. The number of aromatic nitrogens is 1. The highest BCUT2D eigenvalue weighted by Gasteiger charge is 2.20. The van der Waals surface area contributed by atoms with Crippen LogP contribution in [0.1, 0.15) is 30.1 Å². The number of piperidine rings is 1. The quantitative estimate of drug-likeness (QED) is 0.674. The second-order valence-electron chi connectivity index (χ2n) is 7.18. The van der Waals surface area contributed by atoms with Gasteiger partial charge in [-0.05, 0) is 37.0 Å². The first-order valence-electron chi connectivity index (χ1n) is 9.50. The normalized spacial score (nSPS) is 15.7. The molecule has 0 bridgehead atoms. The molecule has 0 atom stereocenters. The van der Waals surface area contributed by atoms with Crippen molar-refractivity contribution in [3.8, 4) is 0 Å². The first-order chi connectivity index (χ1) is 13.9. The number of carbonyl (C=O) groups is 3. The van der Waals surface area contributed by atoms with E-state index in [1.165, 1.54) is 30.2 Å². The Bertz CT molecular complexity index is 987.